The Morgan fingerprint density at radius 3 is 2.55 bits per heavy atom. The van der Waals surface area contributed by atoms with Crippen molar-refractivity contribution in [1.82, 2.24) is 10.3 Å². The number of nitrogens with zero attached hydrogens (tertiary/aromatic N) is 1. The van der Waals surface area contributed by atoms with Crippen LogP contribution in [0.3, 0.4) is 0 Å². The van der Waals surface area contributed by atoms with Crippen molar-refractivity contribution in [3.63, 3.8) is 0 Å². The van der Waals surface area contributed by atoms with Crippen molar-refractivity contribution in [2.45, 2.75) is 47.1 Å². The van der Waals surface area contributed by atoms with E-state index in [4.69, 9.17) is 0 Å². The highest BCUT2D eigenvalue weighted by Gasteiger charge is 2.30. The van der Waals surface area contributed by atoms with E-state index < -0.39 is 6.10 Å². The van der Waals surface area contributed by atoms with Gasteiger partial charge in [-0.25, -0.2) is 0 Å². The molecule has 0 aliphatic carbocycles. The predicted molar refractivity (Wildman–Crippen MR) is 80.3 cm³/mol. The van der Waals surface area contributed by atoms with Crippen LogP contribution >= 0.6 is 0 Å². The molecule has 1 atom stereocenters. The van der Waals surface area contributed by atoms with Gasteiger partial charge in [0.05, 0.1) is 12.5 Å². The minimum Gasteiger partial charge on any atom is -0.392 e. The quantitative estimate of drug-likeness (QED) is 0.837. The number of pyridine rings is 1. The van der Waals surface area contributed by atoms with E-state index in [0.29, 0.717) is 13.0 Å². The molecule has 4 heteroatoms. The number of carbonyl (C=O) groups excluding carboxylic acids is 1. The molecule has 4 nitrogen and oxygen atoms in total. The van der Waals surface area contributed by atoms with Crippen molar-refractivity contribution in [3.05, 3.63) is 29.6 Å². The van der Waals surface area contributed by atoms with Gasteiger partial charge in [0, 0.05) is 23.9 Å². The summed E-state index contributed by atoms with van der Waals surface area (Å²) in [6.45, 7) is 10.3. The van der Waals surface area contributed by atoms with Crippen LogP contribution in [0, 0.1) is 18.3 Å². The molecule has 1 aromatic rings. The second-order valence-corrected chi connectivity index (χ2v) is 6.44. The Morgan fingerprint density at radius 1 is 1.40 bits per heavy atom. The molecule has 1 amide bonds. The monoisotopic (exact) mass is 278 g/mol. The van der Waals surface area contributed by atoms with Crippen molar-refractivity contribution in [2.75, 3.05) is 6.54 Å². The summed E-state index contributed by atoms with van der Waals surface area (Å²) in [7, 11) is 0. The van der Waals surface area contributed by atoms with Gasteiger partial charge in [-0.1, -0.05) is 33.8 Å². The number of hydrogen-bond acceptors (Lipinski definition) is 3. The van der Waals surface area contributed by atoms with Crippen LogP contribution in [0.5, 0.6) is 0 Å². The molecule has 0 aliphatic heterocycles. The topological polar surface area (TPSA) is 62.2 Å². The zero-order valence-electron chi connectivity index (χ0n) is 13.1. The van der Waals surface area contributed by atoms with E-state index in [-0.39, 0.29) is 17.2 Å². The fourth-order valence-electron chi connectivity index (χ4n) is 2.18. The summed E-state index contributed by atoms with van der Waals surface area (Å²) in [5.74, 6) is 0.128. The molecule has 0 bridgehead atoms. The molecule has 2 N–H and O–H groups in total. The maximum Gasteiger partial charge on any atom is 0.224 e. The minimum atomic E-state index is -0.441. The van der Waals surface area contributed by atoms with Crippen LogP contribution in [0.2, 0.25) is 0 Å². The van der Waals surface area contributed by atoms with E-state index in [2.05, 4.69) is 10.3 Å². The van der Waals surface area contributed by atoms with Crippen molar-refractivity contribution in [3.8, 4) is 0 Å². The number of aromatic nitrogens is 1. The normalized spacial score (nSPS) is 13.3. The third-order valence-electron chi connectivity index (χ3n) is 3.51. The summed E-state index contributed by atoms with van der Waals surface area (Å²) < 4.78 is 0. The second-order valence-electron chi connectivity index (χ2n) is 6.44. The smallest absolute Gasteiger partial charge is 0.224 e. The lowest BCUT2D eigenvalue weighted by Gasteiger charge is -2.33. The van der Waals surface area contributed by atoms with Gasteiger partial charge in [-0.2, -0.15) is 0 Å². The molecule has 0 saturated heterocycles. The zero-order chi connectivity index (χ0) is 15.3. The second kappa shape index (κ2) is 6.84. The molecule has 1 rings (SSSR count). The third kappa shape index (κ3) is 4.93. The Labute approximate surface area is 121 Å². The number of aryl methyl sites for hydroxylation is 1. The van der Waals surface area contributed by atoms with E-state index >= 15 is 0 Å². The van der Waals surface area contributed by atoms with Crippen LogP contribution in [0.1, 0.15) is 39.0 Å². The Kier molecular flexibility index (Phi) is 5.69. The number of aliphatic hydroxyl groups is 1. The first-order valence-electron chi connectivity index (χ1n) is 7.08. The SMILES string of the molecule is Cc1ccc(CC(=O)NCC(C)(C)C(O)C(C)C)cn1. The number of carbonyl (C=O) groups is 1. The Morgan fingerprint density at radius 2 is 2.05 bits per heavy atom. The third-order valence-corrected chi connectivity index (χ3v) is 3.51. The van der Waals surface area contributed by atoms with E-state index in [1.54, 1.807) is 6.20 Å². The van der Waals surface area contributed by atoms with Gasteiger partial charge in [0.1, 0.15) is 0 Å². The number of nitrogens with one attached hydrogen (secondary N) is 1. The molecule has 112 valence electrons. The van der Waals surface area contributed by atoms with Gasteiger partial charge < -0.3 is 10.4 Å². The standard InChI is InChI=1S/C16H26N2O2/c1-11(2)15(20)16(4,5)10-18-14(19)8-13-7-6-12(3)17-9-13/h6-7,9,11,15,20H,8,10H2,1-5H3,(H,18,19). The highest BCUT2D eigenvalue weighted by molar-refractivity contribution is 5.78. The Hall–Kier alpha value is -1.42. The lowest BCUT2D eigenvalue weighted by Crippen LogP contribution is -2.43. The van der Waals surface area contributed by atoms with Gasteiger partial charge in [0.2, 0.25) is 5.91 Å². The van der Waals surface area contributed by atoms with Crippen LogP contribution in [-0.2, 0) is 11.2 Å². The highest BCUT2D eigenvalue weighted by atomic mass is 16.3. The van der Waals surface area contributed by atoms with Crippen LogP contribution in [-0.4, -0.2) is 28.6 Å². The molecule has 20 heavy (non-hydrogen) atoms. The molecule has 1 heterocycles. The van der Waals surface area contributed by atoms with Crippen molar-refractivity contribution in [1.29, 1.82) is 0 Å². The van der Waals surface area contributed by atoms with Crippen LogP contribution in [0.4, 0.5) is 0 Å². The van der Waals surface area contributed by atoms with Crippen LogP contribution in [0.15, 0.2) is 18.3 Å². The highest BCUT2D eigenvalue weighted by Crippen LogP contribution is 2.25. The van der Waals surface area contributed by atoms with E-state index in [9.17, 15) is 9.90 Å². The first-order chi connectivity index (χ1) is 9.22. The van der Waals surface area contributed by atoms with Crippen molar-refractivity contribution < 1.29 is 9.90 Å². The summed E-state index contributed by atoms with van der Waals surface area (Å²) in [5, 5.41) is 13.0. The summed E-state index contributed by atoms with van der Waals surface area (Å²) in [6, 6.07) is 3.81. The first-order valence-corrected chi connectivity index (χ1v) is 7.08. The van der Waals surface area contributed by atoms with Gasteiger partial charge in [-0.05, 0) is 24.5 Å². The molecule has 0 saturated carbocycles. The molecule has 0 radical (unpaired) electrons. The van der Waals surface area contributed by atoms with E-state index in [1.807, 2.05) is 46.8 Å². The summed E-state index contributed by atoms with van der Waals surface area (Å²) in [5.41, 5.74) is 1.50. The summed E-state index contributed by atoms with van der Waals surface area (Å²) in [6.07, 6.45) is 1.60. The molecule has 1 unspecified atom stereocenters. The largest absolute Gasteiger partial charge is 0.392 e. The van der Waals surface area contributed by atoms with Crippen LogP contribution in [0.25, 0.3) is 0 Å². The summed E-state index contributed by atoms with van der Waals surface area (Å²) in [4.78, 5) is 16.1. The summed E-state index contributed by atoms with van der Waals surface area (Å²) >= 11 is 0. The fraction of sp³-hybridized carbons (Fsp3) is 0.625. The number of hydrogen-bond donors (Lipinski definition) is 2. The van der Waals surface area contributed by atoms with Gasteiger partial charge in [-0.15, -0.1) is 0 Å². The number of aliphatic hydroxyl groups excluding tert-OH is 1. The molecule has 0 aromatic carbocycles. The zero-order valence-corrected chi connectivity index (χ0v) is 13.1. The van der Waals surface area contributed by atoms with Crippen molar-refractivity contribution >= 4 is 5.91 Å². The maximum absolute atomic E-state index is 11.9. The van der Waals surface area contributed by atoms with E-state index in [0.717, 1.165) is 11.3 Å². The average molecular weight is 278 g/mol. The molecular weight excluding hydrogens is 252 g/mol. The Balaban J connectivity index is 2.49. The molecular formula is C16H26N2O2. The fourth-order valence-corrected chi connectivity index (χ4v) is 2.18. The molecule has 0 aliphatic rings. The minimum absolute atomic E-state index is 0.0420. The first kappa shape index (κ1) is 16.6. The number of amides is 1. The maximum atomic E-state index is 11.9. The molecule has 0 fully saturated rings. The lowest BCUT2D eigenvalue weighted by atomic mass is 9.80. The van der Waals surface area contributed by atoms with Gasteiger partial charge in [0.15, 0.2) is 0 Å². The molecule has 0 spiro atoms. The van der Waals surface area contributed by atoms with Gasteiger partial charge >= 0.3 is 0 Å². The average Bonchev–Trinajstić information content (AvgIpc) is 2.38. The van der Waals surface area contributed by atoms with E-state index in [1.165, 1.54) is 0 Å². The number of rotatable bonds is 6. The Bertz CT molecular complexity index is 438. The lowest BCUT2D eigenvalue weighted by molar-refractivity contribution is -0.121. The van der Waals surface area contributed by atoms with Gasteiger partial charge in [0.25, 0.3) is 0 Å². The predicted octanol–water partition coefficient (Wildman–Crippen LogP) is 2.09. The van der Waals surface area contributed by atoms with Gasteiger partial charge in [-0.3, -0.25) is 9.78 Å². The van der Waals surface area contributed by atoms with Crippen molar-refractivity contribution in [2.24, 2.45) is 11.3 Å². The van der Waals surface area contributed by atoms with Crippen LogP contribution < -0.4 is 5.32 Å². The molecule has 1 aromatic heterocycles.